The van der Waals surface area contributed by atoms with Crippen molar-refractivity contribution >= 4 is 63.4 Å². The quantitative estimate of drug-likeness (QED) is 0.442. The number of fused-ring (bicyclic) bond motifs is 1. The first-order valence-electron chi connectivity index (χ1n) is 10.5. The van der Waals surface area contributed by atoms with Gasteiger partial charge < -0.3 is 10.1 Å². The van der Waals surface area contributed by atoms with Gasteiger partial charge in [0.1, 0.15) is 6.04 Å². The van der Waals surface area contributed by atoms with Crippen molar-refractivity contribution < 1.29 is 23.9 Å². The summed E-state index contributed by atoms with van der Waals surface area (Å²) in [5.41, 5.74) is 0.308. The molecule has 1 saturated carbocycles. The van der Waals surface area contributed by atoms with Crippen LogP contribution in [0.5, 0.6) is 0 Å². The maximum Gasteiger partial charge on any atom is 0.357 e. The van der Waals surface area contributed by atoms with Gasteiger partial charge in [-0.25, -0.2) is 9.78 Å². The average Bonchev–Trinajstić information content (AvgIpc) is 3.36. The molecule has 2 aromatic rings. The van der Waals surface area contributed by atoms with Crippen LogP contribution in [0, 0.1) is 5.92 Å². The topological polar surface area (TPSA) is 106 Å². The number of benzene rings is 1. The second-order valence-electron chi connectivity index (χ2n) is 8.07. The number of carbonyl (C=O) groups is 4. The van der Waals surface area contributed by atoms with Gasteiger partial charge in [-0.05, 0) is 24.5 Å². The van der Waals surface area contributed by atoms with E-state index in [4.69, 9.17) is 23.2 Å². The number of halogens is 2. The van der Waals surface area contributed by atoms with E-state index < -0.39 is 29.7 Å². The third-order valence-electron chi connectivity index (χ3n) is 5.98. The molecule has 174 valence electrons. The third-order valence-corrected chi connectivity index (χ3v) is 7.46. The highest BCUT2D eigenvalue weighted by Gasteiger charge is 2.44. The van der Waals surface area contributed by atoms with E-state index >= 15 is 0 Å². The number of ether oxygens (including phenoxy) is 1. The molecule has 2 heterocycles. The highest BCUT2D eigenvalue weighted by molar-refractivity contribution is 7.14. The van der Waals surface area contributed by atoms with E-state index in [-0.39, 0.29) is 37.9 Å². The number of nitrogens with one attached hydrogen (secondary N) is 1. The van der Waals surface area contributed by atoms with Crippen LogP contribution in [0.1, 0.15) is 69.7 Å². The number of hydrogen-bond acceptors (Lipinski definition) is 7. The molecule has 1 atom stereocenters. The van der Waals surface area contributed by atoms with Gasteiger partial charge in [-0.1, -0.05) is 55.3 Å². The first kappa shape index (κ1) is 23.7. The lowest BCUT2D eigenvalue weighted by atomic mass is 9.84. The summed E-state index contributed by atoms with van der Waals surface area (Å²) in [6.07, 6.45) is 5.41. The zero-order valence-corrected chi connectivity index (χ0v) is 20.1. The van der Waals surface area contributed by atoms with E-state index in [1.165, 1.54) is 24.6 Å². The molecule has 11 heteroatoms. The Morgan fingerprint density at radius 3 is 2.33 bits per heavy atom. The van der Waals surface area contributed by atoms with Crippen molar-refractivity contribution in [1.82, 2.24) is 9.88 Å². The summed E-state index contributed by atoms with van der Waals surface area (Å²) in [7, 11) is 1.24. The number of imide groups is 1. The molecule has 0 unspecified atom stereocenters. The van der Waals surface area contributed by atoms with Crippen LogP contribution in [-0.4, -0.2) is 46.7 Å². The van der Waals surface area contributed by atoms with Gasteiger partial charge in [0, 0.05) is 5.38 Å². The van der Waals surface area contributed by atoms with Gasteiger partial charge in [0.2, 0.25) is 5.91 Å². The number of rotatable bonds is 6. The Balaban J connectivity index is 1.62. The maximum atomic E-state index is 13.3. The number of carbonyl (C=O) groups excluding carboxylic acids is 4. The van der Waals surface area contributed by atoms with Crippen molar-refractivity contribution in [2.45, 2.75) is 44.6 Å². The minimum Gasteiger partial charge on any atom is -0.464 e. The number of amides is 3. The molecule has 1 aromatic heterocycles. The first-order valence-corrected chi connectivity index (χ1v) is 12.1. The number of methoxy groups -OCH3 is 1. The molecule has 8 nitrogen and oxygen atoms in total. The average molecular weight is 510 g/mol. The van der Waals surface area contributed by atoms with Crippen LogP contribution in [0.25, 0.3) is 0 Å². The van der Waals surface area contributed by atoms with Crippen molar-refractivity contribution in [2.75, 3.05) is 12.4 Å². The van der Waals surface area contributed by atoms with Gasteiger partial charge in [-0.15, -0.1) is 11.3 Å². The van der Waals surface area contributed by atoms with Crippen LogP contribution in [0.15, 0.2) is 17.5 Å². The Morgan fingerprint density at radius 1 is 1.15 bits per heavy atom. The van der Waals surface area contributed by atoms with Gasteiger partial charge in [0.15, 0.2) is 10.8 Å². The van der Waals surface area contributed by atoms with E-state index in [0.29, 0.717) is 6.42 Å². The van der Waals surface area contributed by atoms with Crippen molar-refractivity contribution in [3.05, 3.63) is 44.4 Å². The molecule has 1 aliphatic carbocycles. The van der Waals surface area contributed by atoms with E-state index in [1.54, 1.807) is 0 Å². The van der Waals surface area contributed by atoms with Crippen molar-refractivity contribution in [1.29, 1.82) is 0 Å². The fourth-order valence-corrected chi connectivity index (χ4v) is 5.33. The van der Waals surface area contributed by atoms with Gasteiger partial charge in [-0.3, -0.25) is 19.3 Å². The van der Waals surface area contributed by atoms with Gasteiger partial charge in [-0.2, -0.15) is 0 Å². The molecule has 0 saturated heterocycles. The Hall–Kier alpha value is -2.49. The molecule has 0 bridgehead atoms. The Labute approximate surface area is 204 Å². The van der Waals surface area contributed by atoms with Crippen molar-refractivity contribution in [2.24, 2.45) is 5.92 Å². The molecule has 1 fully saturated rings. The van der Waals surface area contributed by atoms with Crippen molar-refractivity contribution in [3.63, 3.8) is 0 Å². The molecule has 3 amide bonds. The lowest BCUT2D eigenvalue weighted by Crippen LogP contribution is -2.48. The monoisotopic (exact) mass is 509 g/mol. The molecule has 4 rings (SSSR count). The largest absolute Gasteiger partial charge is 0.464 e. The summed E-state index contributed by atoms with van der Waals surface area (Å²) in [5, 5.41) is 4.61. The summed E-state index contributed by atoms with van der Waals surface area (Å²) < 4.78 is 4.64. The van der Waals surface area contributed by atoms with E-state index in [1.807, 2.05) is 0 Å². The molecular formula is C22H21Cl2N3O5S. The first-order chi connectivity index (χ1) is 15.8. The highest BCUT2D eigenvalue weighted by Crippen LogP contribution is 2.35. The van der Waals surface area contributed by atoms with Crippen LogP contribution in [0.2, 0.25) is 10.0 Å². The van der Waals surface area contributed by atoms with Crippen LogP contribution < -0.4 is 5.32 Å². The van der Waals surface area contributed by atoms with Gasteiger partial charge in [0.25, 0.3) is 11.8 Å². The summed E-state index contributed by atoms with van der Waals surface area (Å²) in [6, 6.07) is 1.68. The molecule has 1 N–H and O–H groups in total. The van der Waals surface area contributed by atoms with Crippen LogP contribution in [-0.2, 0) is 9.53 Å². The van der Waals surface area contributed by atoms with Crippen LogP contribution in [0.3, 0.4) is 0 Å². The summed E-state index contributed by atoms with van der Waals surface area (Å²) >= 11 is 13.2. The fourth-order valence-electron chi connectivity index (χ4n) is 4.32. The molecule has 33 heavy (non-hydrogen) atoms. The smallest absolute Gasteiger partial charge is 0.357 e. The Bertz CT molecular complexity index is 1090. The molecule has 0 radical (unpaired) electrons. The van der Waals surface area contributed by atoms with Crippen LogP contribution in [0.4, 0.5) is 5.13 Å². The third kappa shape index (κ3) is 4.76. The number of nitrogens with zero attached hydrogens (tertiary/aromatic N) is 2. The SMILES string of the molecule is COC(=O)c1csc(NC(=O)[C@H](CC2CCCCC2)N2C(=O)c3cc(Cl)c(Cl)cc3C2=O)n1. The predicted molar refractivity (Wildman–Crippen MR) is 124 cm³/mol. The lowest BCUT2D eigenvalue weighted by Gasteiger charge is -2.30. The normalized spacial score (nSPS) is 17.1. The Morgan fingerprint density at radius 2 is 1.76 bits per heavy atom. The zero-order chi connectivity index (χ0) is 23.7. The Kier molecular flexibility index (Phi) is 7.02. The fraction of sp³-hybridized carbons (Fsp3) is 0.409. The molecule has 1 aliphatic heterocycles. The summed E-state index contributed by atoms with van der Waals surface area (Å²) in [5.74, 6) is -2.14. The lowest BCUT2D eigenvalue weighted by molar-refractivity contribution is -0.120. The highest BCUT2D eigenvalue weighted by atomic mass is 35.5. The van der Waals surface area contributed by atoms with Gasteiger partial charge >= 0.3 is 5.97 Å². The summed E-state index contributed by atoms with van der Waals surface area (Å²) in [4.78, 5) is 56.5. The number of anilines is 1. The predicted octanol–water partition coefficient (Wildman–Crippen LogP) is 4.81. The zero-order valence-electron chi connectivity index (χ0n) is 17.7. The number of thiazole rings is 1. The molecule has 2 aliphatic rings. The minimum atomic E-state index is -1.04. The standard InChI is InChI=1S/C22H21Cl2N3O5S/c1-32-21(31)16-10-33-22(25-16)26-18(28)17(7-11-5-3-2-4-6-11)27-19(29)12-8-14(23)15(24)9-13(12)20(27)30/h8-11,17H,2-7H2,1H3,(H,25,26,28)/t17-/m0/s1. The number of aromatic nitrogens is 1. The minimum absolute atomic E-state index is 0.0617. The number of hydrogen-bond donors (Lipinski definition) is 1. The molecule has 0 spiro atoms. The van der Waals surface area contributed by atoms with E-state index in [0.717, 1.165) is 48.3 Å². The summed E-state index contributed by atoms with van der Waals surface area (Å²) in [6.45, 7) is 0. The maximum absolute atomic E-state index is 13.3. The second kappa shape index (κ2) is 9.79. The number of esters is 1. The van der Waals surface area contributed by atoms with Gasteiger partial charge in [0.05, 0.1) is 28.3 Å². The molecule has 1 aromatic carbocycles. The second-order valence-corrected chi connectivity index (χ2v) is 9.74. The van der Waals surface area contributed by atoms with Crippen molar-refractivity contribution in [3.8, 4) is 0 Å². The molecular weight excluding hydrogens is 489 g/mol. The van der Waals surface area contributed by atoms with Crippen LogP contribution >= 0.6 is 34.5 Å². The van der Waals surface area contributed by atoms with E-state index in [9.17, 15) is 19.2 Å². The van der Waals surface area contributed by atoms with E-state index in [2.05, 4.69) is 15.0 Å².